The third-order valence-electron chi connectivity index (χ3n) is 3.94. The third-order valence-corrected chi connectivity index (χ3v) is 5.27. The number of nitrogens with one attached hydrogen (secondary N) is 1. The number of aliphatic hydroxyl groups is 1. The van der Waals surface area contributed by atoms with E-state index in [1.165, 1.54) is 39.8 Å². The number of hydrogen-bond acceptors (Lipinski definition) is 9. The van der Waals surface area contributed by atoms with Crippen molar-refractivity contribution in [2.75, 3.05) is 13.2 Å². The van der Waals surface area contributed by atoms with Crippen molar-refractivity contribution in [3.05, 3.63) is 29.8 Å². The predicted octanol–water partition coefficient (Wildman–Crippen LogP) is 1.80. The second kappa shape index (κ2) is 11.8. The number of esters is 1. The number of aryl methyl sites for hydroxylation is 1. The van der Waals surface area contributed by atoms with Gasteiger partial charge < -0.3 is 19.7 Å². The summed E-state index contributed by atoms with van der Waals surface area (Å²) < 4.78 is 39.5. The largest absolute Gasteiger partial charge is 0.464 e. The number of hydrogen-bond donors (Lipinski definition) is 3. The molecule has 0 aliphatic rings. The van der Waals surface area contributed by atoms with E-state index in [2.05, 4.69) is 0 Å². The smallest absolute Gasteiger partial charge is 0.430 e. The number of hydrazine groups is 1. The Morgan fingerprint density at radius 1 is 1.15 bits per heavy atom. The Hall–Kier alpha value is -2.90. The van der Waals surface area contributed by atoms with Gasteiger partial charge in [0.25, 0.3) is 10.1 Å². The van der Waals surface area contributed by atoms with Crippen LogP contribution in [0.4, 0.5) is 9.59 Å². The maximum atomic E-state index is 12.5. The van der Waals surface area contributed by atoms with Crippen molar-refractivity contribution in [2.45, 2.75) is 63.7 Å². The Morgan fingerprint density at radius 2 is 1.73 bits per heavy atom. The summed E-state index contributed by atoms with van der Waals surface area (Å²) in [5.74, 6) is -1.13. The van der Waals surface area contributed by atoms with E-state index in [9.17, 15) is 27.9 Å². The number of rotatable bonds is 9. The second-order valence-corrected chi connectivity index (χ2v) is 9.52. The van der Waals surface area contributed by atoms with Gasteiger partial charge in [0.15, 0.2) is 6.04 Å². The lowest BCUT2D eigenvalue weighted by atomic mass is 10.1. The quantitative estimate of drug-likeness (QED) is 0.264. The Bertz CT molecular complexity index is 925. The van der Waals surface area contributed by atoms with Crippen LogP contribution < -0.4 is 5.43 Å². The summed E-state index contributed by atoms with van der Waals surface area (Å²) in [4.78, 5) is 36.1. The zero-order valence-corrected chi connectivity index (χ0v) is 19.9. The van der Waals surface area contributed by atoms with E-state index < -0.39 is 59.0 Å². The zero-order chi connectivity index (χ0) is 25.4. The molecule has 13 heteroatoms. The molecule has 0 bridgehead atoms. The summed E-state index contributed by atoms with van der Waals surface area (Å²) in [5.41, 5.74) is 1.51. The maximum Gasteiger partial charge on any atom is 0.430 e. The number of benzene rings is 1. The van der Waals surface area contributed by atoms with Gasteiger partial charge in [0.2, 0.25) is 0 Å². The van der Waals surface area contributed by atoms with Crippen molar-refractivity contribution in [2.24, 2.45) is 0 Å². The molecule has 2 amide bonds. The molecule has 0 saturated heterocycles. The minimum absolute atomic E-state index is 0.104. The summed E-state index contributed by atoms with van der Waals surface area (Å²) in [6.07, 6.45) is -5.21. The molecule has 0 aromatic heterocycles. The highest BCUT2D eigenvalue weighted by Gasteiger charge is 2.40. The van der Waals surface area contributed by atoms with Crippen LogP contribution in [0.15, 0.2) is 29.2 Å². The molecular formula is C20H30N2O10S. The first-order chi connectivity index (χ1) is 15.2. The molecule has 0 fully saturated rings. The van der Waals surface area contributed by atoms with Crippen molar-refractivity contribution in [1.29, 1.82) is 0 Å². The highest BCUT2D eigenvalue weighted by Crippen LogP contribution is 2.17. The van der Waals surface area contributed by atoms with Crippen LogP contribution in [-0.2, 0) is 28.6 Å². The van der Waals surface area contributed by atoms with Gasteiger partial charge in [0, 0.05) is 6.42 Å². The van der Waals surface area contributed by atoms with Crippen molar-refractivity contribution >= 4 is 28.3 Å². The van der Waals surface area contributed by atoms with E-state index in [4.69, 9.17) is 18.8 Å². The van der Waals surface area contributed by atoms with Crippen molar-refractivity contribution in [1.82, 2.24) is 10.4 Å². The van der Waals surface area contributed by atoms with Gasteiger partial charge in [-0.3, -0.25) is 4.18 Å². The minimum atomic E-state index is -4.15. The van der Waals surface area contributed by atoms with E-state index in [1.807, 2.05) is 0 Å². The minimum Gasteiger partial charge on any atom is -0.464 e. The Morgan fingerprint density at radius 3 is 2.21 bits per heavy atom. The van der Waals surface area contributed by atoms with Crippen LogP contribution >= 0.6 is 0 Å². The molecule has 1 rings (SSSR count). The molecule has 0 spiro atoms. The lowest BCUT2D eigenvalue weighted by Gasteiger charge is -2.33. The molecule has 0 saturated carbocycles. The molecule has 0 radical (unpaired) electrons. The Labute approximate surface area is 192 Å². The summed E-state index contributed by atoms with van der Waals surface area (Å²) in [5, 5.41) is 20.0. The van der Waals surface area contributed by atoms with Crippen LogP contribution in [0.25, 0.3) is 0 Å². The number of carbonyl (C=O) groups excluding carboxylic acids is 2. The molecule has 3 N–H and O–H groups in total. The summed E-state index contributed by atoms with van der Waals surface area (Å²) in [6.45, 7) is 7.11. The van der Waals surface area contributed by atoms with Crippen molar-refractivity contribution < 1.29 is 46.7 Å². The fourth-order valence-electron chi connectivity index (χ4n) is 2.51. The molecule has 186 valence electrons. The highest BCUT2D eigenvalue weighted by atomic mass is 32.2. The average Bonchev–Trinajstić information content (AvgIpc) is 2.66. The van der Waals surface area contributed by atoms with Gasteiger partial charge in [-0.15, -0.1) is 0 Å². The first kappa shape index (κ1) is 28.1. The molecule has 1 aromatic rings. The molecule has 2 atom stereocenters. The van der Waals surface area contributed by atoms with Crippen LogP contribution in [0.3, 0.4) is 0 Å². The molecule has 0 aliphatic carbocycles. The lowest BCUT2D eigenvalue weighted by Crippen LogP contribution is -2.60. The number of carbonyl (C=O) groups is 3. The van der Waals surface area contributed by atoms with Gasteiger partial charge in [-0.05, 0) is 46.8 Å². The van der Waals surface area contributed by atoms with Gasteiger partial charge in [-0.1, -0.05) is 17.7 Å². The van der Waals surface area contributed by atoms with Crippen LogP contribution in [0.5, 0.6) is 0 Å². The first-order valence-corrected chi connectivity index (χ1v) is 11.4. The summed E-state index contributed by atoms with van der Waals surface area (Å²) in [6, 6.07) is 3.99. The third kappa shape index (κ3) is 9.24. The molecule has 2 unspecified atom stereocenters. The lowest BCUT2D eigenvalue weighted by molar-refractivity contribution is -0.155. The normalized spacial score (nSPS) is 13.5. The molecule has 0 aliphatic heterocycles. The molecule has 1 aromatic carbocycles. The van der Waals surface area contributed by atoms with Crippen molar-refractivity contribution in [3.8, 4) is 0 Å². The number of carboxylic acid groups (broad SMARTS) is 1. The number of nitrogens with zero attached hydrogens (tertiary/aromatic N) is 1. The monoisotopic (exact) mass is 490 g/mol. The molecule has 0 heterocycles. The van der Waals surface area contributed by atoms with Crippen LogP contribution in [0.2, 0.25) is 0 Å². The summed E-state index contributed by atoms with van der Waals surface area (Å²) in [7, 11) is -4.15. The number of aliphatic hydroxyl groups excluding tert-OH is 1. The first-order valence-electron chi connectivity index (χ1n) is 10.0. The summed E-state index contributed by atoms with van der Waals surface area (Å²) >= 11 is 0. The Balaban J connectivity index is 3.05. The van der Waals surface area contributed by atoms with E-state index in [-0.39, 0.29) is 16.5 Å². The fraction of sp³-hybridized carbons (Fsp3) is 0.550. The zero-order valence-electron chi connectivity index (χ0n) is 19.1. The van der Waals surface area contributed by atoms with E-state index >= 15 is 0 Å². The van der Waals surface area contributed by atoms with Crippen LogP contribution in [0.1, 0.15) is 39.7 Å². The van der Waals surface area contributed by atoms with Gasteiger partial charge in [-0.2, -0.15) is 13.4 Å². The standard InChI is InChI=1S/C20H30N2O10S/c1-6-30-17(24)16(22(21-18(25)26)19(27)32-20(3,4)5)15(23)11-12-31-33(28,29)14-9-7-13(2)8-10-14/h7-10,15-16,21,23H,6,11-12H2,1-5H3,(H,25,26). The molecular weight excluding hydrogens is 460 g/mol. The number of ether oxygens (including phenoxy) is 2. The van der Waals surface area contributed by atoms with Crippen LogP contribution in [-0.4, -0.2) is 72.8 Å². The van der Waals surface area contributed by atoms with Gasteiger partial charge >= 0.3 is 18.2 Å². The highest BCUT2D eigenvalue weighted by molar-refractivity contribution is 7.86. The second-order valence-electron chi connectivity index (χ2n) is 7.91. The van der Waals surface area contributed by atoms with E-state index in [0.29, 0.717) is 0 Å². The van der Waals surface area contributed by atoms with Crippen LogP contribution in [0, 0.1) is 6.92 Å². The van der Waals surface area contributed by atoms with Gasteiger partial charge in [-0.25, -0.2) is 19.8 Å². The molecule has 12 nitrogen and oxygen atoms in total. The van der Waals surface area contributed by atoms with Gasteiger partial charge in [0.1, 0.15) is 5.60 Å². The topological polar surface area (TPSA) is 169 Å². The fourth-order valence-corrected chi connectivity index (χ4v) is 3.44. The predicted molar refractivity (Wildman–Crippen MR) is 115 cm³/mol. The van der Waals surface area contributed by atoms with E-state index in [0.717, 1.165) is 5.56 Å². The van der Waals surface area contributed by atoms with Crippen molar-refractivity contribution in [3.63, 3.8) is 0 Å². The maximum absolute atomic E-state index is 12.5. The molecule has 33 heavy (non-hydrogen) atoms. The SMILES string of the molecule is CCOC(=O)C(C(O)CCOS(=O)(=O)c1ccc(C)cc1)N(NC(=O)O)C(=O)OC(C)(C)C. The average molecular weight is 491 g/mol. The number of amides is 2. The van der Waals surface area contributed by atoms with E-state index in [1.54, 1.807) is 24.5 Å². The van der Waals surface area contributed by atoms with Gasteiger partial charge in [0.05, 0.1) is 24.2 Å². The Kier molecular flexibility index (Phi) is 10.1.